The standard InChI is InChI=1S/C21H18N5OS/c22-18-7-6-15(13-23-18)20-24-16-12-17(14-4-2-1-3-5-14)28-19(16)21(25-20)26-8-10-27-11-9-26/h1-2,4-7,12-13H,8-11H2,(H2,22,23). The number of anilines is 2. The number of morpholine rings is 1. The zero-order valence-corrected chi connectivity index (χ0v) is 15.9. The van der Waals surface area contributed by atoms with Crippen molar-refractivity contribution < 1.29 is 4.74 Å². The number of nitrogens with zero attached hydrogens (tertiary/aromatic N) is 4. The molecule has 0 saturated carbocycles. The molecular formula is C21H18N5OS. The first-order valence-corrected chi connectivity index (χ1v) is 9.92. The number of thiophene rings is 1. The Labute approximate surface area is 166 Å². The van der Waals surface area contributed by atoms with Crippen molar-refractivity contribution in [1.29, 1.82) is 0 Å². The van der Waals surface area contributed by atoms with Crippen LogP contribution in [0.25, 0.3) is 32.0 Å². The molecule has 3 aromatic heterocycles. The van der Waals surface area contributed by atoms with Crippen LogP contribution < -0.4 is 10.6 Å². The molecule has 2 N–H and O–H groups in total. The molecule has 5 rings (SSSR count). The van der Waals surface area contributed by atoms with Crippen molar-refractivity contribution >= 4 is 33.2 Å². The molecule has 1 fully saturated rings. The highest BCUT2D eigenvalue weighted by Crippen LogP contribution is 2.38. The van der Waals surface area contributed by atoms with Crippen LogP contribution in [-0.4, -0.2) is 41.3 Å². The fourth-order valence-electron chi connectivity index (χ4n) is 3.26. The Kier molecular flexibility index (Phi) is 4.38. The maximum absolute atomic E-state index is 5.73. The van der Waals surface area contributed by atoms with Gasteiger partial charge in [-0.1, -0.05) is 18.2 Å². The predicted octanol–water partition coefficient (Wildman–Crippen LogP) is 3.64. The molecule has 7 heteroatoms. The Morgan fingerprint density at radius 3 is 2.75 bits per heavy atom. The van der Waals surface area contributed by atoms with Gasteiger partial charge in [-0.3, -0.25) is 0 Å². The maximum atomic E-state index is 5.73. The zero-order valence-electron chi connectivity index (χ0n) is 15.1. The largest absolute Gasteiger partial charge is 0.384 e. The summed E-state index contributed by atoms with van der Waals surface area (Å²) in [6.07, 6.45) is 1.72. The van der Waals surface area contributed by atoms with Crippen LogP contribution in [0, 0.1) is 6.07 Å². The molecule has 6 nitrogen and oxygen atoms in total. The summed E-state index contributed by atoms with van der Waals surface area (Å²) in [6, 6.07) is 17.0. The van der Waals surface area contributed by atoms with Gasteiger partial charge in [-0.15, -0.1) is 11.3 Å². The lowest BCUT2D eigenvalue weighted by atomic mass is 10.2. The van der Waals surface area contributed by atoms with E-state index >= 15 is 0 Å². The van der Waals surface area contributed by atoms with Gasteiger partial charge in [0.15, 0.2) is 11.6 Å². The van der Waals surface area contributed by atoms with Crippen molar-refractivity contribution in [3.05, 3.63) is 54.7 Å². The van der Waals surface area contributed by atoms with Crippen LogP contribution >= 0.6 is 11.3 Å². The Hall–Kier alpha value is -3.03. The van der Waals surface area contributed by atoms with Gasteiger partial charge in [0, 0.05) is 29.7 Å². The quantitative estimate of drug-likeness (QED) is 0.577. The summed E-state index contributed by atoms with van der Waals surface area (Å²) in [5.41, 5.74) is 8.66. The first-order chi connectivity index (χ1) is 13.8. The summed E-state index contributed by atoms with van der Waals surface area (Å²) in [6.45, 7) is 3.04. The lowest BCUT2D eigenvalue weighted by Crippen LogP contribution is -2.36. The molecule has 1 aliphatic rings. The first-order valence-electron chi connectivity index (χ1n) is 9.10. The Morgan fingerprint density at radius 2 is 2.00 bits per heavy atom. The molecule has 0 unspecified atom stereocenters. The van der Waals surface area contributed by atoms with Gasteiger partial charge in [0.1, 0.15) is 5.82 Å². The molecule has 1 saturated heterocycles. The SMILES string of the molecule is Nc1ccc(-c2nc(N3CCOCC3)c3sc(-c4c[c]ccc4)cc3n2)cn1. The second kappa shape index (κ2) is 7.18. The van der Waals surface area contributed by atoms with Crippen molar-refractivity contribution in [2.45, 2.75) is 0 Å². The van der Waals surface area contributed by atoms with Gasteiger partial charge in [-0.2, -0.15) is 0 Å². The average molecular weight is 388 g/mol. The Morgan fingerprint density at radius 1 is 1.11 bits per heavy atom. The molecule has 0 aliphatic carbocycles. The monoisotopic (exact) mass is 388 g/mol. The van der Waals surface area contributed by atoms with Crippen molar-refractivity contribution in [2.75, 3.05) is 36.9 Å². The second-order valence-electron chi connectivity index (χ2n) is 6.56. The number of rotatable bonds is 3. The molecule has 139 valence electrons. The molecule has 28 heavy (non-hydrogen) atoms. The van der Waals surface area contributed by atoms with E-state index in [4.69, 9.17) is 20.4 Å². The van der Waals surface area contributed by atoms with E-state index in [1.807, 2.05) is 24.3 Å². The summed E-state index contributed by atoms with van der Waals surface area (Å²) in [4.78, 5) is 17.4. The number of nitrogens with two attached hydrogens (primary N) is 1. The number of nitrogen functional groups attached to an aromatic ring is 1. The average Bonchev–Trinajstić information content (AvgIpc) is 3.19. The minimum absolute atomic E-state index is 0.483. The Bertz CT molecular complexity index is 1110. The predicted molar refractivity (Wildman–Crippen MR) is 112 cm³/mol. The van der Waals surface area contributed by atoms with Crippen LogP contribution in [0.15, 0.2) is 48.7 Å². The molecule has 1 aliphatic heterocycles. The minimum atomic E-state index is 0.483. The number of benzene rings is 1. The van der Waals surface area contributed by atoms with E-state index in [1.54, 1.807) is 23.6 Å². The minimum Gasteiger partial charge on any atom is -0.384 e. The molecule has 1 radical (unpaired) electrons. The molecule has 1 aromatic carbocycles. The fourth-order valence-corrected chi connectivity index (χ4v) is 4.37. The molecule has 0 amide bonds. The fraction of sp³-hybridized carbons (Fsp3) is 0.190. The molecular weight excluding hydrogens is 370 g/mol. The van der Waals surface area contributed by atoms with Crippen LogP contribution in [0.2, 0.25) is 0 Å². The number of ether oxygens (including phenoxy) is 1. The lowest BCUT2D eigenvalue weighted by Gasteiger charge is -2.28. The van der Waals surface area contributed by atoms with E-state index in [1.165, 1.54) is 0 Å². The van der Waals surface area contributed by atoms with Crippen LogP contribution in [-0.2, 0) is 4.74 Å². The summed E-state index contributed by atoms with van der Waals surface area (Å²) < 4.78 is 6.62. The lowest BCUT2D eigenvalue weighted by molar-refractivity contribution is 0.122. The maximum Gasteiger partial charge on any atom is 0.163 e. The third kappa shape index (κ3) is 3.19. The number of aromatic nitrogens is 3. The van der Waals surface area contributed by atoms with Gasteiger partial charge in [-0.05, 0) is 35.9 Å². The van der Waals surface area contributed by atoms with Gasteiger partial charge in [0.05, 0.1) is 23.4 Å². The summed E-state index contributed by atoms with van der Waals surface area (Å²) in [5.74, 6) is 2.10. The summed E-state index contributed by atoms with van der Waals surface area (Å²) >= 11 is 1.71. The van der Waals surface area contributed by atoms with E-state index in [0.717, 1.165) is 45.1 Å². The molecule has 4 heterocycles. The highest BCUT2D eigenvalue weighted by atomic mass is 32.1. The van der Waals surface area contributed by atoms with Crippen LogP contribution in [0.5, 0.6) is 0 Å². The van der Waals surface area contributed by atoms with Gasteiger partial charge in [-0.25, -0.2) is 15.0 Å². The van der Waals surface area contributed by atoms with Crippen LogP contribution in [0.4, 0.5) is 11.6 Å². The van der Waals surface area contributed by atoms with Crippen molar-refractivity contribution in [1.82, 2.24) is 15.0 Å². The zero-order chi connectivity index (χ0) is 18.9. The highest BCUT2D eigenvalue weighted by molar-refractivity contribution is 7.22. The van der Waals surface area contributed by atoms with E-state index in [0.29, 0.717) is 24.9 Å². The van der Waals surface area contributed by atoms with Gasteiger partial charge < -0.3 is 15.4 Å². The second-order valence-corrected chi connectivity index (χ2v) is 7.61. The van der Waals surface area contributed by atoms with Gasteiger partial charge in [0.25, 0.3) is 0 Å². The van der Waals surface area contributed by atoms with Crippen molar-refractivity contribution in [3.8, 4) is 21.8 Å². The Balaban J connectivity index is 1.68. The summed E-state index contributed by atoms with van der Waals surface area (Å²) in [7, 11) is 0. The van der Waals surface area contributed by atoms with Gasteiger partial charge >= 0.3 is 0 Å². The van der Waals surface area contributed by atoms with Crippen LogP contribution in [0.3, 0.4) is 0 Å². The third-order valence-electron chi connectivity index (χ3n) is 4.70. The molecule has 0 bridgehead atoms. The number of pyridine rings is 1. The molecule has 0 atom stereocenters. The number of hydrogen-bond donors (Lipinski definition) is 1. The smallest absolute Gasteiger partial charge is 0.163 e. The molecule has 4 aromatic rings. The van der Waals surface area contributed by atoms with E-state index in [9.17, 15) is 0 Å². The van der Waals surface area contributed by atoms with Crippen LogP contribution in [0.1, 0.15) is 0 Å². The highest BCUT2D eigenvalue weighted by Gasteiger charge is 2.20. The van der Waals surface area contributed by atoms with E-state index in [-0.39, 0.29) is 0 Å². The van der Waals surface area contributed by atoms with Gasteiger partial charge in [0.2, 0.25) is 0 Å². The molecule has 0 spiro atoms. The normalized spacial score (nSPS) is 14.5. The van der Waals surface area contributed by atoms with Crippen molar-refractivity contribution in [3.63, 3.8) is 0 Å². The first kappa shape index (κ1) is 17.1. The number of fused-ring (bicyclic) bond motifs is 1. The third-order valence-corrected chi connectivity index (χ3v) is 5.87. The number of hydrogen-bond acceptors (Lipinski definition) is 7. The van der Waals surface area contributed by atoms with E-state index in [2.05, 4.69) is 28.1 Å². The van der Waals surface area contributed by atoms with Crippen molar-refractivity contribution in [2.24, 2.45) is 0 Å². The summed E-state index contributed by atoms with van der Waals surface area (Å²) in [5, 5.41) is 0. The van der Waals surface area contributed by atoms with E-state index < -0.39 is 0 Å². The topological polar surface area (TPSA) is 77.2 Å².